The second-order valence-electron chi connectivity index (χ2n) is 5.49. The molecule has 0 saturated heterocycles. The van der Waals surface area contributed by atoms with E-state index in [1.54, 1.807) is 12.4 Å². The molecular weight excluding hydrogens is 244 g/mol. The van der Waals surface area contributed by atoms with Crippen LogP contribution in [0.5, 0.6) is 0 Å². The van der Waals surface area contributed by atoms with Crippen molar-refractivity contribution in [3.05, 3.63) is 30.1 Å². The molecule has 2 N–H and O–H groups in total. The van der Waals surface area contributed by atoms with Crippen LogP contribution in [0.15, 0.2) is 24.5 Å². The lowest BCUT2D eigenvalue weighted by Gasteiger charge is -2.21. The maximum atomic E-state index is 11.5. The lowest BCUT2D eigenvalue weighted by atomic mass is 10.0. The first kappa shape index (κ1) is 15.4. The van der Waals surface area contributed by atoms with E-state index >= 15 is 0 Å². The summed E-state index contributed by atoms with van der Waals surface area (Å²) in [4.78, 5) is 15.4. The Kier molecular flexibility index (Phi) is 5.76. The van der Waals surface area contributed by atoms with Crippen LogP contribution >= 0.6 is 0 Å². The van der Waals surface area contributed by atoms with Gasteiger partial charge in [0.05, 0.1) is 0 Å². The van der Waals surface area contributed by atoms with Crippen molar-refractivity contribution in [2.45, 2.75) is 32.8 Å². The first-order valence-corrected chi connectivity index (χ1v) is 6.37. The third kappa shape index (κ3) is 6.76. The van der Waals surface area contributed by atoms with Gasteiger partial charge in [-0.3, -0.25) is 4.98 Å². The molecule has 0 radical (unpaired) electrons. The van der Waals surface area contributed by atoms with Crippen LogP contribution < -0.4 is 5.32 Å². The Balaban J connectivity index is 2.39. The summed E-state index contributed by atoms with van der Waals surface area (Å²) in [7, 11) is 0. The number of carbonyl (C=O) groups is 1. The number of hydrogen-bond acceptors (Lipinski definition) is 4. The second kappa shape index (κ2) is 7.09. The van der Waals surface area contributed by atoms with E-state index in [-0.39, 0.29) is 12.5 Å². The summed E-state index contributed by atoms with van der Waals surface area (Å²) in [5, 5.41) is 12.0. The smallest absolute Gasteiger partial charge is 0.407 e. The molecule has 19 heavy (non-hydrogen) atoms. The van der Waals surface area contributed by atoms with Crippen LogP contribution in [0.1, 0.15) is 26.3 Å². The molecule has 0 aliphatic heterocycles. The normalized spacial score (nSPS) is 12.8. The zero-order valence-electron chi connectivity index (χ0n) is 11.7. The number of hydrogen-bond donors (Lipinski definition) is 2. The number of aliphatic hydroxyl groups excluding tert-OH is 1. The van der Waals surface area contributed by atoms with Crippen LogP contribution in [-0.4, -0.2) is 34.9 Å². The highest BCUT2D eigenvalue weighted by Crippen LogP contribution is 2.09. The molecule has 106 valence electrons. The topological polar surface area (TPSA) is 71.5 Å². The Morgan fingerprint density at radius 2 is 2.05 bits per heavy atom. The number of alkyl carbamates (subject to hydrolysis) is 1. The fourth-order valence-corrected chi connectivity index (χ4v) is 1.60. The number of carbonyl (C=O) groups excluding carboxylic acids is 1. The van der Waals surface area contributed by atoms with Gasteiger partial charge in [-0.2, -0.15) is 0 Å². The van der Waals surface area contributed by atoms with E-state index in [9.17, 15) is 9.90 Å². The molecule has 1 aromatic heterocycles. The van der Waals surface area contributed by atoms with Crippen LogP contribution in [0.3, 0.4) is 0 Å². The number of nitrogens with one attached hydrogen (secondary N) is 1. The maximum absolute atomic E-state index is 11.5. The molecule has 0 bridgehead atoms. The van der Waals surface area contributed by atoms with Crippen molar-refractivity contribution in [2.75, 3.05) is 13.2 Å². The quantitative estimate of drug-likeness (QED) is 0.852. The Labute approximate surface area is 114 Å². The fourth-order valence-electron chi connectivity index (χ4n) is 1.60. The third-order valence-corrected chi connectivity index (χ3v) is 2.47. The number of aliphatic hydroxyl groups is 1. The monoisotopic (exact) mass is 266 g/mol. The molecule has 0 fully saturated rings. The molecule has 5 nitrogen and oxygen atoms in total. The number of ether oxygens (including phenoxy) is 1. The highest BCUT2D eigenvalue weighted by atomic mass is 16.6. The Bertz CT molecular complexity index is 387. The molecule has 0 spiro atoms. The molecule has 1 amide bonds. The van der Waals surface area contributed by atoms with Crippen molar-refractivity contribution in [3.63, 3.8) is 0 Å². The van der Waals surface area contributed by atoms with Crippen LogP contribution in [0.25, 0.3) is 0 Å². The highest BCUT2D eigenvalue weighted by molar-refractivity contribution is 5.67. The summed E-state index contributed by atoms with van der Waals surface area (Å²) < 4.78 is 5.14. The molecule has 1 rings (SSSR count). The largest absolute Gasteiger partial charge is 0.444 e. The van der Waals surface area contributed by atoms with Crippen LogP contribution in [-0.2, 0) is 11.2 Å². The summed E-state index contributed by atoms with van der Waals surface area (Å²) in [5.41, 5.74) is 0.573. The number of aromatic nitrogens is 1. The van der Waals surface area contributed by atoms with Gasteiger partial charge in [-0.15, -0.1) is 0 Å². The van der Waals surface area contributed by atoms with Crippen molar-refractivity contribution in [1.82, 2.24) is 10.3 Å². The average Bonchev–Trinajstić information content (AvgIpc) is 2.33. The Hall–Kier alpha value is -1.62. The minimum Gasteiger partial charge on any atom is -0.444 e. The summed E-state index contributed by atoms with van der Waals surface area (Å²) in [6, 6.07) is 3.80. The number of amides is 1. The van der Waals surface area contributed by atoms with E-state index in [0.717, 1.165) is 5.56 Å². The molecule has 1 heterocycles. The number of rotatable bonds is 5. The second-order valence-corrected chi connectivity index (χ2v) is 5.49. The molecule has 0 saturated carbocycles. The van der Waals surface area contributed by atoms with E-state index < -0.39 is 11.7 Å². The molecule has 0 aliphatic rings. The van der Waals surface area contributed by atoms with Gasteiger partial charge in [0.1, 0.15) is 5.60 Å². The molecule has 1 atom stereocenters. The lowest BCUT2D eigenvalue weighted by Crippen LogP contribution is -2.36. The van der Waals surface area contributed by atoms with Gasteiger partial charge in [-0.1, -0.05) is 0 Å². The van der Waals surface area contributed by atoms with E-state index in [1.165, 1.54) is 0 Å². The molecule has 0 unspecified atom stereocenters. The van der Waals surface area contributed by atoms with Crippen molar-refractivity contribution >= 4 is 6.09 Å². The van der Waals surface area contributed by atoms with E-state index in [4.69, 9.17) is 4.74 Å². The maximum Gasteiger partial charge on any atom is 0.407 e. The first-order chi connectivity index (χ1) is 8.90. The zero-order chi connectivity index (χ0) is 14.3. The Morgan fingerprint density at radius 1 is 1.42 bits per heavy atom. The van der Waals surface area contributed by atoms with Gasteiger partial charge in [0, 0.05) is 31.5 Å². The minimum absolute atomic E-state index is 0.0120. The van der Waals surface area contributed by atoms with Gasteiger partial charge in [0.15, 0.2) is 0 Å². The third-order valence-electron chi connectivity index (χ3n) is 2.47. The average molecular weight is 266 g/mol. The summed E-state index contributed by atoms with van der Waals surface area (Å²) in [6.45, 7) is 5.83. The summed E-state index contributed by atoms with van der Waals surface area (Å²) >= 11 is 0. The van der Waals surface area contributed by atoms with Gasteiger partial charge < -0.3 is 15.2 Å². The molecule has 1 aromatic rings. The van der Waals surface area contributed by atoms with Gasteiger partial charge in [-0.05, 0) is 44.9 Å². The lowest BCUT2D eigenvalue weighted by molar-refractivity contribution is 0.0512. The van der Waals surface area contributed by atoms with Crippen molar-refractivity contribution in [3.8, 4) is 0 Å². The predicted molar refractivity (Wildman–Crippen MR) is 72.8 cm³/mol. The minimum atomic E-state index is -0.510. The molecule has 0 aliphatic carbocycles. The van der Waals surface area contributed by atoms with E-state index in [1.807, 2.05) is 32.9 Å². The standard InChI is InChI=1S/C14H22N2O3/c1-14(2,3)19-13(18)16-9-12(10-17)8-11-4-6-15-7-5-11/h4-7,12,17H,8-10H2,1-3H3,(H,16,18)/t12-/m1/s1. The van der Waals surface area contributed by atoms with Crippen molar-refractivity contribution in [2.24, 2.45) is 5.92 Å². The van der Waals surface area contributed by atoms with Crippen LogP contribution in [0.4, 0.5) is 4.79 Å². The summed E-state index contributed by atoms with van der Waals surface area (Å²) in [6.07, 6.45) is 3.66. The molecule has 5 heteroatoms. The highest BCUT2D eigenvalue weighted by Gasteiger charge is 2.17. The molecular formula is C14H22N2O3. The van der Waals surface area contributed by atoms with Crippen LogP contribution in [0.2, 0.25) is 0 Å². The fraction of sp³-hybridized carbons (Fsp3) is 0.571. The van der Waals surface area contributed by atoms with Crippen LogP contribution in [0, 0.1) is 5.92 Å². The van der Waals surface area contributed by atoms with Gasteiger partial charge in [0.25, 0.3) is 0 Å². The first-order valence-electron chi connectivity index (χ1n) is 6.37. The van der Waals surface area contributed by atoms with Crippen molar-refractivity contribution < 1.29 is 14.6 Å². The summed E-state index contributed by atoms with van der Waals surface area (Å²) in [5.74, 6) is -0.0325. The number of nitrogens with zero attached hydrogens (tertiary/aromatic N) is 1. The van der Waals surface area contributed by atoms with E-state index in [2.05, 4.69) is 10.3 Å². The number of pyridine rings is 1. The Morgan fingerprint density at radius 3 is 2.58 bits per heavy atom. The zero-order valence-corrected chi connectivity index (χ0v) is 11.7. The van der Waals surface area contributed by atoms with Gasteiger partial charge in [-0.25, -0.2) is 4.79 Å². The predicted octanol–water partition coefficient (Wildman–Crippen LogP) is 1.76. The van der Waals surface area contributed by atoms with Crippen molar-refractivity contribution in [1.29, 1.82) is 0 Å². The molecule has 0 aromatic carbocycles. The van der Waals surface area contributed by atoms with E-state index in [0.29, 0.717) is 13.0 Å². The van der Waals surface area contributed by atoms with Gasteiger partial charge >= 0.3 is 6.09 Å². The SMILES string of the molecule is CC(C)(C)OC(=O)NC[C@H](CO)Cc1ccncc1. The van der Waals surface area contributed by atoms with Gasteiger partial charge in [0.2, 0.25) is 0 Å².